The maximum atomic E-state index is 11.6. The lowest BCUT2D eigenvalue weighted by molar-refractivity contribution is -0.151. The summed E-state index contributed by atoms with van der Waals surface area (Å²) in [7, 11) is -3.16. The first-order chi connectivity index (χ1) is 8.75. The van der Waals surface area contributed by atoms with Crippen molar-refractivity contribution in [3.05, 3.63) is 0 Å². The minimum atomic E-state index is -3.16. The molecule has 1 fully saturated rings. The fraction of sp³-hybridized carbons (Fsp3) is 0.923. The van der Waals surface area contributed by atoms with Crippen molar-refractivity contribution in [1.82, 2.24) is 4.31 Å². The number of piperidine rings is 1. The Bertz CT molecular complexity index is 414. The average molecular weight is 291 g/mol. The van der Waals surface area contributed by atoms with Crippen LogP contribution >= 0.6 is 0 Å². The molecule has 0 aliphatic carbocycles. The van der Waals surface area contributed by atoms with Crippen LogP contribution in [0.5, 0.6) is 0 Å². The molecule has 19 heavy (non-hydrogen) atoms. The molecule has 0 bridgehead atoms. The molecule has 0 amide bonds. The van der Waals surface area contributed by atoms with Gasteiger partial charge in [0, 0.05) is 13.1 Å². The zero-order valence-electron chi connectivity index (χ0n) is 12.1. The van der Waals surface area contributed by atoms with Crippen LogP contribution in [0, 0.1) is 11.3 Å². The molecule has 0 saturated carbocycles. The van der Waals surface area contributed by atoms with Crippen LogP contribution in [0.3, 0.4) is 0 Å². The lowest BCUT2D eigenvalue weighted by Crippen LogP contribution is -2.42. The summed E-state index contributed by atoms with van der Waals surface area (Å²) in [5.74, 6) is -0.603. The second-order valence-corrected chi connectivity index (χ2v) is 7.61. The van der Waals surface area contributed by atoms with E-state index in [1.54, 1.807) is 0 Å². The molecule has 112 valence electrons. The van der Waals surface area contributed by atoms with Gasteiger partial charge in [0.15, 0.2) is 0 Å². The first-order valence-electron chi connectivity index (χ1n) is 6.93. The fourth-order valence-electron chi connectivity index (χ4n) is 2.98. The highest BCUT2D eigenvalue weighted by atomic mass is 32.2. The van der Waals surface area contributed by atoms with E-state index in [-0.39, 0.29) is 5.92 Å². The van der Waals surface area contributed by atoms with Crippen LogP contribution in [0.2, 0.25) is 0 Å². The summed E-state index contributed by atoms with van der Waals surface area (Å²) in [5, 5.41) is 9.45. The monoisotopic (exact) mass is 291 g/mol. The summed E-state index contributed by atoms with van der Waals surface area (Å²) in [5.41, 5.74) is -0.703. The van der Waals surface area contributed by atoms with Crippen LogP contribution in [0.1, 0.15) is 46.0 Å². The molecule has 1 saturated heterocycles. The number of nitrogens with zero attached hydrogens (tertiary/aromatic N) is 1. The first-order valence-corrected chi connectivity index (χ1v) is 8.78. The second-order valence-electron chi connectivity index (χ2n) is 5.63. The van der Waals surface area contributed by atoms with Crippen molar-refractivity contribution in [2.75, 3.05) is 19.3 Å². The molecule has 1 atom stereocenters. The molecule has 6 heteroatoms. The maximum Gasteiger partial charge on any atom is 0.309 e. The van der Waals surface area contributed by atoms with Gasteiger partial charge in [0.1, 0.15) is 0 Å². The maximum absolute atomic E-state index is 11.6. The quantitative estimate of drug-likeness (QED) is 0.811. The van der Waals surface area contributed by atoms with Gasteiger partial charge in [-0.15, -0.1) is 0 Å². The Kier molecular flexibility index (Phi) is 5.38. The van der Waals surface area contributed by atoms with E-state index in [4.69, 9.17) is 0 Å². The Labute approximate surface area is 116 Å². The molecular formula is C13H25NO4S. The number of carboxylic acids is 1. The fourth-order valence-corrected chi connectivity index (χ4v) is 3.92. The van der Waals surface area contributed by atoms with E-state index in [9.17, 15) is 18.3 Å². The van der Waals surface area contributed by atoms with E-state index < -0.39 is 21.4 Å². The van der Waals surface area contributed by atoms with E-state index in [0.717, 1.165) is 12.8 Å². The van der Waals surface area contributed by atoms with Crippen molar-refractivity contribution in [2.45, 2.75) is 46.0 Å². The normalized spacial score (nSPS) is 22.4. The summed E-state index contributed by atoms with van der Waals surface area (Å²) in [6.45, 7) is 4.82. The molecule has 1 rings (SSSR count). The SMILES string of the molecule is CCC(CC)(CC1CCCN(S(C)(=O)=O)C1)C(=O)O. The van der Waals surface area contributed by atoms with Gasteiger partial charge in [-0.25, -0.2) is 12.7 Å². The predicted molar refractivity (Wildman–Crippen MR) is 74.4 cm³/mol. The molecule has 0 spiro atoms. The highest BCUT2D eigenvalue weighted by Crippen LogP contribution is 2.37. The molecule has 0 aromatic heterocycles. The highest BCUT2D eigenvalue weighted by molar-refractivity contribution is 7.88. The molecule has 1 aliphatic heterocycles. The largest absolute Gasteiger partial charge is 0.481 e. The number of carbonyl (C=O) groups is 1. The second kappa shape index (κ2) is 6.22. The van der Waals surface area contributed by atoms with Crippen LogP contribution in [0.4, 0.5) is 0 Å². The first kappa shape index (κ1) is 16.4. The average Bonchev–Trinajstić information content (AvgIpc) is 2.35. The lowest BCUT2D eigenvalue weighted by Gasteiger charge is -2.36. The van der Waals surface area contributed by atoms with Gasteiger partial charge in [0.05, 0.1) is 11.7 Å². The Balaban J connectivity index is 2.78. The van der Waals surface area contributed by atoms with Crippen LogP contribution in [-0.4, -0.2) is 43.1 Å². The topological polar surface area (TPSA) is 74.7 Å². The predicted octanol–water partition coefficient (Wildman–Crippen LogP) is 1.94. The number of hydrogen-bond acceptors (Lipinski definition) is 3. The molecule has 1 unspecified atom stereocenters. The Hall–Kier alpha value is -0.620. The summed E-state index contributed by atoms with van der Waals surface area (Å²) in [6.07, 6.45) is 4.71. The molecule has 1 heterocycles. The van der Waals surface area contributed by atoms with E-state index in [1.165, 1.54) is 10.6 Å². The van der Waals surface area contributed by atoms with E-state index in [1.807, 2.05) is 13.8 Å². The Morgan fingerprint density at radius 2 is 1.95 bits per heavy atom. The third-order valence-electron chi connectivity index (χ3n) is 4.44. The van der Waals surface area contributed by atoms with Crippen molar-refractivity contribution in [3.8, 4) is 0 Å². The minimum Gasteiger partial charge on any atom is -0.481 e. The number of hydrogen-bond donors (Lipinski definition) is 1. The number of sulfonamides is 1. The van der Waals surface area contributed by atoms with Crippen molar-refractivity contribution in [2.24, 2.45) is 11.3 Å². The van der Waals surface area contributed by atoms with Gasteiger partial charge in [-0.3, -0.25) is 4.79 Å². The summed E-state index contributed by atoms with van der Waals surface area (Å²) >= 11 is 0. The Morgan fingerprint density at radius 3 is 2.37 bits per heavy atom. The van der Waals surface area contributed by atoms with Crippen LogP contribution < -0.4 is 0 Å². The van der Waals surface area contributed by atoms with Gasteiger partial charge in [-0.05, 0) is 38.0 Å². The molecule has 1 aliphatic rings. The zero-order valence-corrected chi connectivity index (χ0v) is 12.9. The van der Waals surface area contributed by atoms with Gasteiger partial charge < -0.3 is 5.11 Å². The molecule has 5 nitrogen and oxygen atoms in total. The van der Waals surface area contributed by atoms with Gasteiger partial charge in [0.2, 0.25) is 10.0 Å². The van der Waals surface area contributed by atoms with Crippen LogP contribution in [0.25, 0.3) is 0 Å². The molecule has 0 radical (unpaired) electrons. The molecule has 0 aromatic rings. The van der Waals surface area contributed by atoms with E-state index in [2.05, 4.69) is 0 Å². The van der Waals surface area contributed by atoms with E-state index >= 15 is 0 Å². The Morgan fingerprint density at radius 1 is 1.37 bits per heavy atom. The van der Waals surface area contributed by atoms with Gasteiger partial charge in [-0.2, -0.15) is 0 Å². The van der Waals surface area contributed by atoms with Crippen LogP contribution in [-0.2, 0) is 14.8 Å². The number of rotatable bonds is 6. The van der Waals surface area contributed by atoms with Crippen molar-refractivity contribution in [3.63, 3.8) is 0 Å². The smallest absolute Gasteiger partial charge is 0.309 e. The summed E-state index contributed by atoms with van der Waals surface area (Å²) in [6, 6.07) is 0. The van der Waals surface area contributed by atoms with Gasteiger partial charge in [0.25, 0.3) is 0 Å². The van der Waals surface area contributed by atoms with Crippen LogP contribution in [0.15, 0.2) is 0 Å². The third kappa shape index (κ3) is 3.92. The molecule has 1 N–H and O–H groups in total. The summed E-state index contributed by atoms with van der Waals surface area (Å²) in [4.78, 5) is 11.5. The lowest BCUT2D eigenvalue weighted by atomic mass is 9.73. The van der Waals surface area contributed by atoms with Crippen molar-refractivity contribution < 1.29 is 18.3 Å². The van der Waals surface area contributed by atoms with Gasteiger partial charge >= 0.3 is 5.97 Å². The minimum absolute atomic E-state index is 0.152. The zero-order chi connectivity index (χ0) is 14.7. The molecular weight excluding hydrogens is 266 g/mol. The van der Waals surface area contributed by atoms with Crippen molar-refractivity contribution >= 4 is 16.0 Å². The van der Waals surface area contributed by atoms with Gasteiger partial charge in [-0.1, -0.05) is 13.8 Å². The van der Waals surface area contributed by atoms with Crippen molar-refractivity contribution in [1.29, 1.82) is 0 Å². The number of aliphatic carboxylic acids is 1. The highest BCUT2D eigenvalue weighted by Gasteiger charge is 2.39. The summed E-state index contributed by atoms with van der Waals surface area (Å²) < 4.78 is 24.6. The third-order valence-corrected chi connectivity index (χ3v) is 5.71. The molecule has 0 aromatic carbocycles. The standard InChI is InChI=1S/C13H25NO4S/c1-4-13(5-2,12(15)16)9-11-7-6-8-14(10-11)19(3,17)18/h11H,4-10H2,1-3H3,(H,15,16). The number of carboxylic acid groups (broad SMARTS) is 1. The van der Waals surface area contributed by atoms with E-state index in [0.29, 0.717) is 32.4 Å².